The number of thiol groups is 1. The van der Waals surface area contributed by atoms with Gasteiger partial charge in [0.15, 0.2) is 0 Å². The molecule has 1 unspecified atom stereocenters. The fourth-order valence-corrected chi connectivity index (χ4v) is 3.15. The van der Waals surface area contributed by atoms with E-state index in [4.69, 9.17) is 3.07 Å². The van der Waals surface area contributed by atoms with Gasteiger partial charge in [-0.15, -0.1) is 9.24 Å². The van der Waals surface area contributed by atoms with Crippen LogP contribution >= 0.6 is 44.9 Å². The molecule has 0 fully saturated rings. The van der Waals surface area contributed by atoms with Gasteiger partial charge >= 0.3 is 0 Å². The number of phenols is 1. The van der Waals surface area contributed by atoms with E-state index in [-0.39, 0.29) is 0 Å². The van der Waals surface area contributed by atoms with Gasteiger partial charge in [-0.05, 0) is 47.1 Å². The number of aryl methyl sites for hydroxylation is 1. The molecular formula is C20H21INO2PS. The second kappa shape index (κ2) is 10.9. The molecule has 0 amide bonds. The highest BCUT2D eigenvalue weighted by atomic mass is 127. The van der Waals surface area contributed by atoms with E-state index in [0.29, 0.717) is 18.1 Å². The van der Waals surface area contributed by atoms with Crippen LogP contribution in [0.15, 0.2) is 60.8 Å². The molecule has 1 aromatic heterocycles. The topological polar surface area (TPSA) is 42.4 Å². The molecule has 3 rings (SSSR count). The summed E-state index contributed by atoms with van der Waals surface area (Å²) in [4.78, 5) is 4.16. The Morgan fingerprint density at radius 2 is 1.85 bits per heavy atom. The standard InChI is InChI=1S/C13H13OP.C7H8INOS/c1-9-2-7-13(15)12(8-9)10-3-5-11(14)6-4-10;8-10-4-6-1-2-7(5-11)9-3-6/h2-8,14H,15H2,1H3;1-3,11H,4-5H2. The molecule has 26 heavy (non-hydrogen) atoms. The lowest BCUT2D eigenvalue weighted by atomic mass is 10.0. The predicted molar refractivity (Wildman–Crippen MR) is 123 cm³/mol. The first-order valence-electron chi connectivity index (χ1n) is 7.97. The van der Waals surface area contributed by atoms with Gasteiger partial charge in [0.2, 0.25) is 0 Å². The summed E-state index contributed by atoms with van der Waals surface area (Å²) < 4.78 is 4.91. The largest absolute Gasteiger partial charge is 0.508 e. The smallest absolute Gasteiger partial charge is 0.115 e. The molecule has 6 heteroatoms. The molecule has 1 atom stereocenters. The van der Waals surface area contributed by atoms with Crippen molar-refractivity contribution in [3.63, 3.8) is 0 Å². The van der Waals surface area contributed by atoms with Crippen LogP contribution in [0, 0.1) is 6.92 Å². The first-order chi connectivity index (χ1) is 12.5. The van der Waals surface area contributed by atoms with Crippen LogP contribution < -0.4 is 5.30 Å². The average molecular weight is 497 g/mol. The van der Waals surface area contributed by atoms with Crippen LogP contribution in [-0.4, -0.2) is 10.1 Å². The molecule has 0 spiro atoms. The molecule has 3 aromatic rings. The van der Waals surface area contributed by atoms with Crippen LogP contribution in [0.25, 0.3) is 11.1 Å². The van der Waals surface area contributed by atoms with Crippen molar-refractivity contribution >= 4 is 50.2 Å². The van der Waals surface area contributed by atoms with Crippen molar-refractivity contribution in [3.05, 3.63) is 77.6 Å². The maximum atomic E-state index is 9.22. The van der Waals surface area contributed by atoms with Crippen molar-refractivity contribution in [1.29, 1.82) is 0 Å². The third-order valence-electron chi connectivity index (χ3n) is 3.66. The van der Waals surface area contributed by atoms with E-state index < -0.39 is 0 Å². The maximum absolute atomic E-state index is 9.22. The van der Waals surface area contributed by atoms with Gasteiger partial charge in [0.1, 0.15) is 28.8 Å². The van der Waals surface area contributed by atoms with Crippen LogP contribution in [-0.2, 0) is 15.4 Å². The summed E-state index contributed by atoms with van der Waals surface area (Å²) in [7, 11) is 2.73. The fraction of sp³-hybridized carbons (Fsp3) is 0.150. The first kappa shape index (κ1) is 21.2. The number of aromatic hydroxyl groups is 1. The maximum Gasteiger partial charge on any atom is 0.115 e. The Labute approximate surface area is 176 Å². The van der Waals surface area contributed by atoms with E-state index in [9.17, 15) is 5.11 Å². The van der Waals surface area contributed by atoms with Gasteiger partial charge in [-0.2, -0.15) is 12.6 Å². The van der Waals surface area contributed by atoms with Crippen molar-refractivity contribution in [1.82, 2.24) is 4.98 Å². The molecular weight excluding hydrogens is 476 g/mol. The summed E-state index contributed by atoms with van der Waals surface area (Å²) >= 11 is 5.97. The lowest BCUT2D eigenvalue weighted by Gasteiger charge is -2.07. The zero-order valence-corrected chi connectivity index (χ0v) is 18.6. The Morgan fingerprint density at radius 3 is 2.42 bits per heavy atom. The monoisotopic (exact) mass is 497 g/mol. The van der Waals surface area contributed by atoms with Gasteiger partial charge in [0.25, 0.3) is 0 Å². The highest BCUT2D eigenvalue weighted by Gasteiger charge is 2.02. The summed E-state index contributed by atoms with van der Waals surface area (Å²) in [6, 6.07) is 17.6. The lowest BCUT2D eigenvalue weighted by Crippen LogP contribution is -1.96. The highest BCUT2D eigenvalue weighted by molar-refractivity contribution is 14.1. The zero-order chi connectivity index (χ0) is 18.9. The lowest BCUT2D eigenvalue weighted by molar-refractivity contribution is 0.417. The van der Waals surface area contributed by atoms with Gasteiger partial charge in [0, 0.05) is 17.6 Å². The number of halogens is 1. The molecule has 136 valence electrons. The van der Waals surface area contributed by atoms with E-state index in [1.165, 1.54) is 16.4 Å². The molecule has 1 heterocycles. The highest BCUT2D eigenvalue weighted by Crippen LogP contribution is 2.22. The van der Waals surface area contributed by atoms with Gasteiger partial charge < -0.3 is 8.17 Å². The molecule has 0 aliphatic rings. The van der Waals surface area contributed by atoms with Crippen molar-refractivity contribution in [3.8, 4) is 16.9 Å². The van der Waals surface area contributed by atoms with Crippen LogP contribution in [0.2, 0.25) is 0 Å². The van der Waals surface area contributed by atoms with E-state index in [1.807, 2.05) is 53.5 Å². The molecule has 0 saturated heterocycles. The number of benzene rings is 2. The van der Waals surface area contributed by atoms with E-state index in [0.717, 1.165) is 16.8 Å². The quantitative estimate of drug-likeness (QED) is 0.294. The molecule has 0 saturated carbocycles. The summed E-state index contributed by atoms with van der Waals surface area (Å²) in [5.74, 6) is 0.988. The Bertz CT molecular complexity index is 826. The number of hydrogen-bond donors (Lipinski definition) is 2. The third-order valence-corrected chi connectivity index (χ3v) is 4.80. The minimum Gasteiger partial charge on any atom is -0.508 e. The average Bonchev–Trinajstić information content (AvgIpc) is 2.66. The van der Waals surface area contributed by atoms with Crippen molar-refractivity contribution < 1.29 is 8.17 Å². The summed E-state index contributed by atoms with van der Waals surface area (Å²) in [6.07, 6.45) is 1.81. The predicted octanol–water partition coefficient (Wildman–Crippen LogP) is 5.25. The minimum absolute atomic E-state index is 0.303. The Hall–Kier alpha value is -1.14. The normalized spacial score (nSPS) is 10.2. The van der Waals surface area contributed by atoms with E-state index in [2.05, 4.69) is 52.0 Å². The molecule has 3 nitrogen and oxygen atoms in total. The molecule has 0 aliphatic heterocycles. The summed E-state index contributed by atoms with van der Waals surface area (Å²) in [5, 5.41) is 10.4. The van der Waals surface area contributed by atoms with Crippen LogP contribution in [0.4, 0.5) is 0 Å². The van der Waals surface area contributed by atoms with Crippen molar-refractivity contribution in [2.75, 3.05) is 0 Å². The zero-order valence-electron chi connectivity index (χ0n) is 14.4. The third kappa shape index (κ3) is 6.54. The van der Waals surface area contributed by atoms with E-state index >= 15 is 0 Å². The van der Waals surface area contributed by atoms with E-state index in [1.54, 1.807) is 12.1 Å². The van der Waals surface area contributed by atoms with Crippen LogP contribution in [0.1, 0.15) is 16.8 Å². The number of aromatic nitrogens is 1. The second-order valence-electron chi connectivity index (χ2n) is 5.71. The van der Waals surface area contributed by atoms with Gasteiger partial charge in [0.05, 0.1) is 6.61 Å². The SMILES string of the molecule is Cc1ccc(P)c(-c2ccc(O)cc2)c1.SCc1ccc(COI)cn1. The number of pyridine rings is 1. The number of nitrogens with zero attached hydrogens (tertiary/aromatic N) is 1. The van der Waals surface area contributed by atoms with Gasteiger partial charge in [-0.1, -0.05) is 42.0 Å². The minimum atomic E-state index is 0.303. The number of phenolic OH excluding ortho intramolecular Hbond substituents is 1. The number of hydrogen-bond acceptors (Lipinski definition) is 4. The molecule has 1 N–H and O–H groups in total. The fourth-order valence-electron chi connectivity index (χ4n) is 2.26. The van der Waals surface area contributed by atoms with Crippen LogP contribution in [0.3, 0.4) is 0 Å². The first-order valence-corrected chi connectivity index (χ1v) is 10.1. The molecule has 2 aromatic carbocycles. The Kier molecular flexibility index (Phi) is 8.85. The second-order valence-corrected chi connectivity index (χ2v) is 7.27. The Balaban J connectivity index is 0.000000197. The van der Waals surface area contributed by atoms with Crippen molar-refractivity contribution in [2.24, 2.45) is 0 Å². The molecule has 0 bridgehead atoms. The number of rotatable bonds is 4. The van der Waals surface area contributed by atoms with Gasteiger partial charge in [-0.25, -0.2) is 0 Å². The summed E-state index contributed by atoms with van der Waals surface area (Å²) in [5.41, 5.74) is 5.64. The Morgan fingerprint density at radius 1 is 1.12 bits per heavy atom. The molecule has 0 aliphatic carbocycles. The van der Waals surface area contributed by atoms with Gasteiger partial charge in [-0.3, -0.25) is 4.98 Å². The van der Waals surface area contributed by atoms with Crippen LogP contribution in [0.5, 0.6) is 5.75 Å². The van der Waals surface area contributed by atoms with Crippen molar-refractivity contribution in [2.45, 2.75) is 19.3 Å². The molecule has 0 radical (unpaired) electrons. The summed E-state index contributed by atoms with van der Waals surface area (Å²) in [6.45, 7) is 2.69.